The predicted octanol–water partition coefficient (Wildman–Crippen LogP) is 4.89. The Labute approximate surface area is 181 Å². The average molecular weight is 412 g/mol. The Morgan fingerprint density at radius 2 is 1.77 bits per heavy atom. The number of aryl methyl sites for hydroxylation is 3. The summed E-state index contributed by atoms with van der Waals surface area (Å²) in [7, 11) is 1.98. The zero-order valence-electron chi connectivity index (χ0n) is 17.4. The maximum Gasteiger partial charge on any atom is 0.323 e. The fourth-order valence-electron chi connectivity index (χ4n) is 3.80. The van der Waals surface area contributed by atoms with Crippen LogP contribution < -0.4 is 16.4 Å². The van der Waals surface area contributed by atoms with Crippen LogP contribution in [0.25, 0.3) is 10.9 Å². The second-order valence-corrected chi connectivity index (χ2v) is 7.52. The number of fused-ring (bicyclic) bond motifs is 1. The van der Waals surface area contributed by atoms with Gasteiger partial charge in [0.05, 0.1) is 5.69 Å². The fourth-order valence-corrected chi connectivity index (χ4v) is 3.80. The first kappa shape index (κ1) is 20.2. The summed E-state index contributed by atoms with van der Waals surface area (Å²) < 4.78 is 2.03. The van der Waals surface area contributed by atoms with Gasteiger partial charge in [0.15, 0.2) is 0 Å². The second kappa shape index (κ2) is 8.75. The molecule has 0 saturated carbocycles. The molecular formula is C25H25N5O. The molecule has 6 heteroatoms. The van der Waals surface area contributed by atoms with Crippen LogP contribution in [0.3, 0.4) is 0 Å². The van der Waals surface area contributed by atoms with Gasteiger partial charge >= 0.3 is 6.03 Å². The summed E-state index contributed by atoms with van der Waals surface area (Å²) in [6.45, 7) is 0. The molecule has 31 heavy (non-hydrogen) atoms. The number of nitrogens with zero attached hydrogens (tertiary/aromatic N) is 1. The molecule has 4 rings (SSSR count). The SMILES string of the molecule is Cn1ccc2cc(NC(=O)Nc3cccc(CCc4ccccc4)c3C(=N)N)ccc21. The monoisotopic (exact) mass is 411 g/mol. The van der Waals surface area contributed by atoms with Gasteiger partial charge in [-0.25, -0.2) is 4.79 Å². The molecule has 4 aromatic rings. The van der Waals surface area contributed by atoms with Crippen LogP contribution in [0.5, 0.6) is 0 Å². The van der Waals surface area contributed by atoms with E-state index in [2.05, 4.69) is 22.8 Å². The highest BCUT2D eigenvalue weighted by molar-refractivity contribution is 6.08. The number of urea groups is 1. The first-order valence-corrected chi connectivity index (χ1v) is 10.1. The minimum atomic E-state index is -0.377. The Kier molecular flexibility index (Phi) is 5.71. The van der Waals surface area contributed by atoms with Gasteiger partial charge in [-0.2, -0.15) is 0 Å². The summed E-state index contributed by atoms with van der Waals surface area (Å²) in [6, 6.07) is 23.1. The summed E-state index contributed by atoms with van der Waals surface area (Å²) in [6.07, 6.45) is 3.53. The lowest BCUT2D eigenvalue weighted by atomic mass is 9.97. The van der Waals surface area contributed by atoms with Crippen LogP contribution in [0, 0.1) is 5.41 Å². The first-order chi connectivity index (χ1) is 15.0. The standard InChI is InChI=1S/C25H25N5O/c1-30-15-14-19-16-20(12-13-22(19)30)28-25(31)29-21-9-5-8-18(23(21)24(26)27)11-10-17-6-3-2-4-7-17/h2-9,12-16H,10-11H2,1H3,(H3,26,27)(H2,28,29,31). The Morgan fingerprint density at radius 3 is 2.55 bits per heavy atom. The van der Waals surface area contributed by atoms with Crippen molar-refractivity contribution < 1.29 is 4.79 Å². The number of rotatable bonds is 6. The fraction of sp³-hybridized carbons (Fsp3) is 0.120. The van der Waals surface area contributed by atoms with Gasteiger partial charge in [-0.15, -0.1) is 0 Å². The molecule has 0 radical (unpaired) electrons. The first-order valence-electron chi connectivity index (χ1n) is 10.1. The molecule has 0 atom stereocenters. The van der Waals surface area contributed by atoms with Crippen LogP contribution in [-0.4, -0.2) is 16.4 Å². The number of amidine groups is 1. The van der Waals surface area contributed by atoms with Gasteiger partial charge in [-0.05, 0) is 54.3 Å². The lowest BCUT2D eigenvalue weighted by Gasteiger charge is -2.15. The van der Waals surface area contributed by atoms with Crippen molar-refractivity contribution in [3.05, 3.63) is 95.7 Å². The minimum Gasteiger partial charge on any atom is -0.384 e. The van der Waals surface area contributed by atoms with E-state index in [1.807, 2.05) is 72.4 Å². The Balaban J connectivity index is 1.51. The number of nitrogens with one attached hydrogen (secondary N) is 3. The van der Waals surface area contributed by atoms with Gasteiger partial charge in [0.25, 0.3) is 0 Å². The molecule has 5 N–H and O–H groups in total. The number of carbonyl (C=O) groups is 1. The van der Waals surface area contributed by atoms with Crippen LogP contribution in [0.1, 0.15) is 16.7 Å². The van der Waals surface area contributed by atoms with Crippen molar-refractivity contribution in [2.24, 2.45) is 12.8 Å². The van der Waals surface area contributed by atoms with Gasteiger partial charge < -0.3 is 20.9 Å². The lowest BCUT2D eigenvalue weighted by molar-refractivity contribution is 0.262. The van der Waals surface area contributed by atoms with Gasteiger partial charge in [0.2, 0.25) is 0 Å². The number of nitrogens with two attached hydrogens (primary N) is 1. The van der Waals surface area contributed by atoms with Crippen molar-refractivity contribution in [1.29, 1.82) is 5.41 Å². The van der Waals surface area contributed by atoms with E-state index >= 15 is 0 Å². The molecule has 0 fully saturated rings. The summed E-state index contributed by atoms with van der Waals surface area (Å²) >= 11 is 0. The number of hydrogen-bond acceptors (Lipinski definition) is 2. The van der Waals surface area contributed by atoms with E-state index in [1.54, 1.807) is 6.07 Å². The third kappa shape index (κ3) is 4.59. The highest BCUT2D eigenvalue weighted by Gasteiger charge is 2.14. The molecule has 0 saturated heterocycles. The van der Waals surface area contributed by atoms with Crippen molar-refractivity contribution in [3.63, 3.8) is 0 Å². The summed E-state index contributed by atoms with van der Waals surface area (Å²) in [5.41, 5.74) is 10.9. The van der Waals surface area contributed by atoms with E-state index in [4.69, 9.17) is 11.1 Å². The molecule has 0 spiro atoms. The number of hydrogen-bond donors (Lipinski definition) is 4. The molecule has 1 heterocycles. The van der Waals surface area contributed by atoms with E-state index in [1.165, 1.54) is 5.56 Å². The zero-order valence-corrected chi connectivity index (χ0v) is 17.4. The van der Waals surface area contributed by atoms with Gasteiger partial charge in [0.1, 0.15) is 5.84 Å². The van der Waals surface area contributed by atoms with Gasteiger partial charge in [-0.3, -0.25) is 5.41 Å². The van der Waals surface area contributed by atoms with Crippen LogP contribution in [0.4, 0.5) is 16.2 Å². The molecule has 0 aliphatic carbocycles. The Morgan fingerprint density at radius 1 is 0.968 bits per heavy atom. The number of carbonyl (C=O) groups excluding carboxylic acids is 1. The summed E-state index contributed by atoms with van der Waals surface area (Å²) in [5, 5.41) is 14.8. The van der Waals surface area contributed by atoms with E-state index in [9.17, 15) is 4.79 Å². The van der Waals surface area contributed by atoms with Gasteiger partial charge in [0, 0.05) is 35.4 Å². The number of nitrogen functional groups attached to an aromatic ring is 1. The molecule has 6 nitrogen and oxygen atoms in total. The van der Waals surface area contributed by atoms with E-state index in [0.717, 1.165) is 29.3 Å². The highest BCUT2D eigenvalue weighted by Crippen LogP contribution is 2.23. The molecule has 0 unspecified atom stereocenters. The van der Waals surface area contributed by atoms with Crippen LogP contribution >= 0.6 is 0 Å². The van der Waals surface area contributed by atoms with Crippen LogP contribution in [0.2, 0.25) is 0 Å². The smallest absolute Gasteiger partial charge is 0.323 e. The number of amides is 2. The predicted molar refractivity (Wildman–Crippen MR) is 127 cm³/mol. The lowest BCUT2D eigenvalue weighted by Crippen LogP contribution is -2.23. The highest BCUT2D eigenvalue weighted by atomic mass is 16.2. The minimum absolute atomic E-state index is 0.0651. The number of aromatic nitrogens is 1. The van der Waals surface area contributed by atoms with E-state index in [-0.39, 0.29) is 11.9 Å². The maximum atomic E-state index is 12.6. The quantitative estimate of drug-likeness (QED) is 0.268. The Bertz CT molecular complexity index is 1240. The second-order valence-electron chi connectivity index (χ2n) is 7.52. The summed E-state index contributed by atoms with van der Waals surface area (Å²) in [4.78, 5) is 12.6. The van der Waals surface area contributed by atoms with E-state index in [0.29, 0.717) is 16.9 Å². The maximum absolute atomic E-state index is 12.6. The number of benzene rings is 3. The normalized spacial score (nSPS) is 10.7. The molecule has 3 aromatic carbocycles. The molecule has 2 amide bonds. The third-order valence-electron chi connectivity index (χ3n) is 5.34. The molecule has 0 aliphatic heterocycles. The molecule has 0 aliphatic rings. The van der Waals surface area contributed by atoms with E-state index < -0.39 is 0 Å². The molecule has 1 aromatic heterocycles. The van der Waals surface area contributed by atoms with Crippen molar-refractivity contribution >= 4 is 34.1 Å². The van der Waals surface area contributed by atoms with Crippen molar-refractivity contribution in [3.8, 4) is 0 Å². The largest absolute Gasteiger partial charge is 0.384 e. The van der Waals surface area contributed by atoms with Gasteiger partial charge in [-0.1, -0.05) is 42.5 Å². The molecule has 0 bridgehead atoms. The zero-order chi connectivity index (χ0) is 21.8. The van der Waals surface area contributed by atoms with Crippen LogP contribution in [0.15, 0.2) is 79.0 Å². The van der Waals surface area contributed by atoms with Crippen molar-refractivity contribution in [1.82, 2.24) is 4.57 Å². The molecule has 156 valence electrons. The topological polar surface area (TPSA) is 95.9 Å². The number of anilines is 2. The van der Waals surface area contributed by atoms with Crippen LogP contribution in [-0.2, 0) is 19.9 Å². The summed E-state index contributed by atoms with van der Waals surface area (Å²) in [5.74, 6) is -0.0651. The van der Waals surface area contributed by atoms with Crippen molar-refractivity contribution in [2.75, 3.05) is 10.6 Å². The van der Waals surface area contributed by atoms with Crippen molar-refractivity contribution in [2.45, 2.75) is 12.8 Å². The Hall–Kier alpha value is -4.06. The molecular weight excluding hydrogens is 386 g/mol. The average Bonchev–Trinajstić information content (AvgIpc) is 3.13. The third-order valence-corrected chi connectivity index (χ3v) is 5.34.